The van der Waals surface area contributed by atoms with Gasteiger partial charge in [-0.15, -0.1) is 0 Å². The number of hydrogen-bond donors (Lipinski definition) is 1. The van der Waals surface area contributed by atoms with Crippen LogP contribution in [0.4, 0.5) is 11.5 Å². The second-order valence-corrected chi connectivity index (χ2v) is 9.04. The van der Waals surface area contributed by atoms with E-state index >= 15 is 0 Å². The number of nitrogens with zero attached hydrogens (tertiary/aromatic N) is 6. The van der Waals surface area contributed by atoms with E-state index in [-0.39, 0.29) is 11.7 Å². The van der Waals surface area contributed by atoms with Gasteiger partial charge >= 0.3 is 6.01 Å². The minimum Gasteiger partial charge on any atom is -0.506 e. The van der Waals surface area contributed by atoms with Crippen molar-refractivity contribution in [3.63, 3.8) is 0 Å². The number of hydrogen-bond acceptors (Lipinski definition) is 8. The lowest BCUT2D eigenvalue weighted by molar-refractivity contribution is -0.126. The molecular formula is C25H34N6O3. The molecule has 4 rings (SSSR count). The minimum absolute atomic E-state index is 0.0363. The van der Waals surface area contributed by atoms with Gasteiger partial charge < -0.3 is 29.4 Å². The number of fused-ring (bicyclic) bond motifs is 1. The molecule has 2 aromatic rings. The number of phenolic OH excluding ortho intramolecular Hbond substituents is 1. The van der Waals surface area contributed by atoms with Crippen LogP contribution in [0.25, 0.3) is 0 Å². The highest BCUT2D eigenvalue weighted by Crippen LogP contribution is 2.36. The third-order valence-electron chi connectivity index (χ3n) is 6.39. The highest BCUT2D eigenvalue weighted by molar-refractivity contribution is 5.87. The maximum Gasteiger partial charge on any atom is 0.318 e. The Bertz CT molecular complexity index is 1030. The molecule has 34 heavy (non-hydrogen) atoms. The fourth-order valence-corrected chi connectivity index (χ4v) is 4.55. The molecule has 0 spiro atoms. The normalized spacial score (nSPS) is 15.9. The van der Waals surface area contributed by atoms with Gasteiger partial charge in [0.2, 0.25) is 5.91 Å². The molecule has 0 atom stereocenters. The lowest BCUT2D eigenvalue weighted by atomic mass is 10.0. The molecule has 0 bridgehead atoms. The summed E-state index contributed by atoms with van der Waals surface area (Å²) < 4.78 is 5.94. The van der Waals surface area contributed by atoms with Gasteiger partial charge in [-0.1, -0.05) is 18.7 Å². The number of benzene rings is 1. The van der Waals surface area contributed by atoms with E-state index in [1.165, 1.54) is 6.08 Å². The van der Waals surface area contributed by atoms with Crippen molar-refractivity contribution in [1.82, 2.24) is 19.8 Å². The summed E-state index contributed by atoms with van der Waals surface area (Å²) in [6.07, 6.45) is 2.14. The molecule has 1 N–H and O–H groups in total. The van der Waals surface area contributed by atoms with Crippen LogP contribution in [0, 0.1) is 6.92 Å². The Morgan fingerprint density at radius 2 is 1.94 bits per heavy atom. The number of carbonyl (C=O) groups is 1. The molecule has 0 radical (unpaired) electrons. The van der Waals surface area contributed by atoms with Gasteiger partial charge in [0.05, 0.1) is 17.9 Å². The van der Waals surface area contributed by atoms with Crippen molar-refractivity contribution in [2.45, 2.75) is 19.9 Å². The molecule has 1 fully saturated rings. The Labute approximate surface area is 201 Å². The number of amides is 1. The van der Waals surface area contributed by atoms with Crippen molar-refractivity contribution >= 4 is 17.4 Å². The number of para-hydroxylation sites is 1. The van der Waals surface area contributed by atoms with Crippen LogP contribution in [0.1, 0.15) is 16.8 Å². The number of likely N-dealkylation sites (N-methyl/N-ethyl adjacent to an activating group) is 1. The number of phenols is 1. The topological polar surface area (TPSA) is 85.3 Å². The zero-order valence-electron chi connectivity index (χ0n) is 20.3. The average molecular weight is 467 g/mol. The van der Waals surface area contributed by atoms with E-state index < -0.39 is 0 Å². The lowest BCUT2D eigenvalue weighted by Gasteiger charge is -2.38. The van der Waals surface area contributed by atoms with Crippen molar-refractivity contribution in [3.05, 3.63) is 47.7 Å². The molecule has 1 aromatic heterocycles. The predicted molar refractivity (Wildman–Crippen MR) is 133 cm³/mol. The number of aromatic nitrogens is 2. The number of anilines is 2. The first-order valence-electron chi connectivity index (χ1n) is 11.7. The molecule has 9 nitrogen and oxygen atoms in total. The number of aryl methyl sites for hydroxylation is 1. The molecule has 0 saturated carbocycles. The number of carbonyl (C=O) groups excluding carboxylic acids is 1. The molecule has 9 heteroatoms. The second-order valence-electron chi connectivity index (χ2n) is 9.04. The zero-order valence-corrected chi connectivity index (χ0v) is 20.3. The van der Waals surface area contributed by atoms with Crippen molar-refractivity contribution in [2.75, 3.05) is 69.8 Å². The van der Waals surface area contributed by atoms with Crippen LogP contribution in [0.3, 0.4) is 0 Å². The van der Waals surface area contributed by atoms with E-state index in [2.05, 4.69) is 21.3 Å². The van der Waals surface area contributed by atoms with Gasteiger partial charge in [0, 0.05) is 44.8 Å². The minimum atomic E-state index is -0.0363. The van der Waals surface area contributed by atoms with E-state index in [9.17, 15) is 9.90 Å². The van der Waals surface area contributed by atoms with Crippen molar-refractivity contribution in [1.29, 1.82) is 0 Å². The van der Waals surface area contributed by atoms with Crippen molar-refractivity contribution in [2.24, 2.45) is 0 Å². The lowest BCUT2D eigenvalue weighted by Crippen LogP contribution is -2.49. The summed E-state index contributed by atoms with van der Waals surface area (Å²) in [5.74, 6) is 1.14. The first-order valence-corrected chi connectivity index (χ1v) is 11.7. The van der Waals surface area contributed by atoms with Gasteiger partial charge in [0.15, 0.2) is 0 Å². The SMILES string of the molecule is C=CC(=O)N1CCN(c2nc(OCCN(C)C)nc3c2CCN(c2c(C)cccc2O)C3)CC1. The first-order chi connectivity index (χ1) is 16.4. The van der Waals surface area contributed by atoms with Gasteiger partial charge in [0.1, 0.15) is 18.2 Å². The quantitative estimate of drug-likeness (QED) is 0.619. The van der Waals surface area contributed by atoms with Gasteiger partial charge in [-0.2, -0.15) is 9.97 Å². The second kappa shape index (κ2) is 10.3. The Balaban J connectivity index is 1.62. The third kappa shape index (κ3) is 5.09. The van der Waals surface area contributed by atoms with Crippen molar-refractivity contribution < 1.29 is 14.6 Å². The van der Waals surface area contributed by atoms with E-state index in [1.54, 1.807) is 6.07 Å². The van der Waals surface area contributed by atoms with E-state index in [0.29, 0.717) is 45.3 Å². The predicted octanol–water partition coefficient (Wildman–Crippen LogP) is 1.83. The Hall–Kier alpha value is -3.33. The summed E-state index contributed by atoms with van der Waals surface area (Å²) in [6, 6.07) is 5.97. The van der Waals surface area contributed by atoms with E-state index in [1.807, 2.05) is 38.1 Å². The summed E-state index contributed by atoms with van der Waals surface area (Å²) in [5, 5.41) is 10.5. The smallest absolute Gasteiger partial charge is 0.318 e. The van der Waals surface area contributed by atoms with Crippen LogP contribution >= 0.6 is 0 Å². The fraction of sp³-hybridized carbons (Fsp3) is 0.480. The van der Waals surface area contributed by atoms with Crippen LogP contribution in [-0.2, 0) is 17.8 Å². The molecular weight excluding hydrogens is 432 g/mol. The maximum absolute atomic E-state index is 12.0. The number of ether oxygens (including phenoxy) is 1. The summed E-state index contributed by atoms with van der Waals surface area (Å²) in [7, 11) is 4.00. The summed E-state index contributed by atoms with van der Waals surface area (Å²) in [6.45, 7) is 10.9. The zero-order chi connectivity index (χ0) is 24.2. The van der Waals surface area contributed by atoms with Crippen LogP contribution < -0.4 is 14.5 Å². The molecule has 182 valence electrons. The molecule has 1 amide bonds. The summed E-state index contributed by atoms with van der Waals surface area (Å²) in [4.78, 5) is 29.9. The number of rotatable bonds is 7. The number of piperazine rings is 1. The molecule has 0 aliphatic carbocycles. The molecule has 3 heterocycles. The van der Waals surface area contributed by atoms with Crippen LogP contribution in [0.2, 0.25) is 0 Å². The standard InChI is InChI=1S/C25H34N6O3/c1-5-22(33)29-11-13-30(14-12-29)24-19-9-10-31(23-18(2)7-6-8-21(23)32)17-20(19)26-25(27-24)34-16-15-28(3)4/h5-8,32H,1,9-17H2,2-4H3. The average Bonchev–Trinajstić information content (AvgIpc) is 2.82. The maximum atomic E-state index is 12.0. The molecule has 1 saturated heterocycles. The van der Waals surface area contributed by atoms with Gasteiger partial charge in [-0.05, 0) is 45.1 Å². The van der Waals surface area contributed by atoms with Gasteiger partial charge in [0.25, 0.3) is 0 Å². The largest absolute Gasteiger partial charge is 0.506 e. The Morgan fingerprint density at radius 1 is 1.18 bits per heavy atom. The molecule has 1 aromatic carbocycles. The highest BCUT2D eigenvalue weighted by atomic mass is 16.5. The summed E-state index contributed by atoms with van der Waals surface area (Å²) >= 11 is 0. The number of aromatic hydroxyl groups is 1. The monoisotopic (exact) mass is 466 g/mol. The third-order valence-corrected chi connectivity index (χ3v) is 6.39. The van der Waals surface area contributed by atoms with E-state index in [0.717, 1.165) is 47.8 Å². The molecule has 0 unspecified atom stereocenters. The summed E-state index contributed by atoms with van der Waals surface area (Å²) in [5.41, 5.74) is 3.92. The molecule has 2 aliphatic heterocycles. The van der Waals surface area contributed by atoms with Gasteiger partial charge in [-0.3, -0.25) is 4.79 Å². The molecule has 2 aliphatic rings. The van der Waals surface area contributed by atoms with Crippen LogP contribution in [-0.4, -0.2) is 90.8 Å². The Morgan fingerprint density at radius 3 is 2.62 bits per heavy atom. The van der Waals surface area contributed by atoms with E-state index in [4.69, 9.17) is 14.7 Å². The van der Waals surface area contributed by atoms with Crippen molar-refractivity contribution in [3.8, 4) is 11.8 Å². The van der Waals surface area contributed by atoms with Crippen LogP contribution in [0.15, 0.2) is 30.9 Å². The first kappa shape index (κ1) is 23.8. The fourth-order valence-electron chi connectivity index (χ4n) is 4.55. The highest BCUT2D eigenvalue weighted by Gasteiger charge is 2.29. The Kier molecular flexibility index (Phi) is 7.21. The van der Waals surface area contributed by atoms with Crippen LogP contribution in [0.5, 0.6) is 11.8 Å². The van der Waals surface area contributed by atoms with Gasteiger partial charge in [-0.25, -0.2) is 0 Å².